The van der Waals surface area contributed by atoms with Crippen molar-refractivity contribution in [1.29, 1.82) is 0 Å². The fourth-order valence-corrected chi connectivity index (χ4v) is 3.64. The van der Waals surface area contributed by atoms with Gasteiger partial charge in [-0.15, -0.1) is 11.3 Å². The predicted molar refractivity (Wildman–Crippen MR) is 94.3 cm³/mol. The summed E-state index contributed by atoms with van der Waals surface area (Å²) in [5, 5.41) is 4.19. The summed E-state index contributed by atoms with van der Waals surface area (Å²) < 4.78 is 11.4. The van der Waals surface area contributed by atoms with Crippen molar-refractivity contribution in [2.45, 2.75) is 0 Å². The van der Waals surface area contributed by atoms with Gasteiger partial charge in [0.1, 0.15) is 16.4 Å². The second-order valence-electron chi connectivity index (χ2n) is 4.80. The van der Waals surface area contributed by atoms with E-state index >= 15 is 0 Å². The van der Waals surface area contributed by atoms with Crippen LogP contribution in [0.1, 0.15) is 9.67 Å². The van der Waals surface area contributed by atoms with Gasteiger partial charge in [-0.1, -0.05) is 29.8 Å². The average Bonchev–Trinajstić information content (AvgIpc) is 2.92. The minimum atomic E-state index is -0.258. The van der Waals surface area contributed by atoms with E-state index in [1.807, 2.05) is 24.3 Å². The second-order valence-corrected chi connectivity index (χ2v) is 6.23. The lowest BCUT2D eigenvalue weighted by Crippen LogP contribution is -2.10. The lowest BCUT2D eigenvalue weighted by molar-refractivity contribution is 0.103. The predicted octanol–water partition coefficient (Wildman–Crippen LogP) is 4.82. The summed E-state index contributed by atoms with van der Waals surface area (Å²) in [6, 6.07) is 12.8. The monoisotopic (exact) mass is 347 g/mol. The van der Waals surface area contributed by atoms with Crippen molar-refractivity contribution in [2.24, 2.45) is 0 Å². The third kappa shape index (κ3) is 3.11. The Morgan fingerprint density at radius 2 is 1.74 bits per heavy atom. The first kappa shape index (κ1) is 15.6. The molecular formula is C17H14ClNO3S. The van der Waals surface area contributed by atoms with Crippen molar-refractivity contribution in [3.8, 4) is 11.5 Å². The van der Waals surface area contributed by atoms with Gasteiger partial charge in [-0.3, -0.25) is 4.79 Å². The fourth-order valence-electron chi connectivity index (χ4n) is 2.23. The van der Waals surface area contributed by atoms with Crippen LogP contribution < -0.4 is 14.8 Å². The zero-order valence-electron chi connectivity index (χ0n) is 12.6. The summed E-state index contributed by atoms with van der Waals surface area (Å²) in [6.45, 7) is 0. The lowest BCUT2D eigenvalue weighted by Gasteiger charge is -2.09. The summed E-state index contributed by atoms with van der Waals surface area (Å²) >= 11 is 7.70. The molecule has 1 amide bonds. The van der Waals surface area contributed by atoms with Crippen LogP contribution in [-0.2, 0) is 0 Å². The smallest absolute Gasteiger partial charge is 0.267 e. The van der Waals surface area contributed by atoms with Crippen LogP contribution in [0.4, 0.5) is 5.69 Å². The van der Waals surface area contributed by atoms with E-state index in [0.717, 1.165) is 10.1 Å². The van der Waals surface area contributed by atoms with Gasteiger partial charge in [-0.25, -0.2) is 0 Å². The summed E-state index contributed by atoms with van der Waals surface area (Å²) in [5.41, 5.74) is 0.583. The van der Waals surface area contributed by atoms with E-state index in [1.54, 1.807) is 32.4 Å². The van der Waals surface area contributed by atoms with E-state index in [4.69, 9.17) is 21.1 Å². The van der Waals surface area contributed by atoms with Crippen molar-refractivity contribution in [2.75, 3.05) is 19.5 Å². The molecular weight excluding hydrogens is 334 g/mol. The zero-order valence-corrected chi connectivity index (χ0v) is 14.1. The molecule has 0 fully saturated rings. The molecule has 6 heteroatoms. The fraction of sp³-hybridized carbons (Fsp3) is 0.118. The number of carbonyl (C=O) groups excluding carboxylic acids is 1. The van der Waals surface area contributed by atoms with E-state index in [2.05, 4.69) is 5.32 Å². The van der Waals surface area contributed by atoms with Crippen molar-refractivity contribution in [3.63, 3.8) is 0 Å². The molecule has 0 radical (unpaired) electrons. The third-order valence-corrected chi connectivity index (χ3v) is 5.02. The van der Waals surface area contributed by atoms with Gasteiger partial charge in [-0.05, 0) is 6.07 Å². The number of amides is 1. The molecule has 0 aliphatic rings. The van der Waals surface area contributed by atoms with Crippen LogP contribution in [0.25, 0.3) is 10.1 Å². The van der Waals surface area contributed by atoms with Gasteiger partial charge >= 0.3 is 0 Å². The van der Waals surface area contributed by atoms with Crippen LogP contribution in [0.15, 0.2) is 42.5 Å². The molecule has 4 nitrogen and oxygen atoms in total. The highest BCUT2D eigenvalue weighted by molar-refractivity contribution is 7.21. The number of carbonyl (C=O) groups is 1. The molecule has 0 aliphatic carbocycles. The highest BCUT2D eigenvalue weighted by Gasteiger charge is 2.17. The number of thiophene rings is 1. The number of methoxy groups -OCH3 is 2. The second kappa shape index (κ2) is 6.48. The zero-order chi connectivity index (χ0) is 16.4. The number of fused-ring (bicyclic) bond motifs is 1. The van der Waals surface area contributed by atoms with Crippen LogP contribution in [0.3, 0.4) is 0 Å². The van der Waals surface area contributed by atoms with Gasteiger partial charge in [-0.2, -0.15) is 0 Å². The van der Waals surface area contributed by atoms with Crippen LogP contribution in [0, 0.1) is 0 Å². The Morgan fingerprint density at radius 1 is 1.09 bits per heavy atom. The Morgan fingerprint density at radius 3 is 2.35 bits per heavy atom. The minimum Gasteiger partial charge on any atom is -0.497 e. The number of hydrogen-bond acceptors (Lipinski definition) is 4. The molecule has 0 spiro atoms. The van der Waals surface area contributed by atoms with Crippen LogP contribution in [-0.4, -0.2) is 20.1 Å². The highest BCUT2D eigenvalue weighted by Crippen LogP contribution is 2.36. The van der Waals surface area contributed by atoms with Crippen LogP contribution in [0.5, 0.6) is 11.5 Å². The summed E-state index contributed by atoms with van der Waals surface area (Å²) in [7, 11) is 3.12. The molecule has 3 rings (SSSR count). The number of anilines is 1. The molecule has 3 aromatic rings. The Labute approximate surface area is 142 Å². The molecule has 1 heterocycles. The molecule has 1 aromatic heterocycles. The SMILES string of the molecule is COc1cc(NC(=O)c2sc3ccccc3c2Cl)cc(OC)c1. The van der Waals surface area contributed by atoms with Gasteiger partial charge < -0.3 is 14.8 Å². The Kier molecular flexibility index (Phi) is 4.41. The summed E-state index contributed by atoms with van der Waals surface area (Å²) in [5.74, 6) is 0.940. The molecule has 1 N–H and O–H groups in total. The molecule has 2 aromatic carbocycles. The number of nitrogens with one attached hydrogen (secondary N) is 1. The Bertz CT molecular complexity index is 853. The lowest BCUT2D eigenvalue weighted by atomic mass is 10.2. The van der Waals surface area contributed by atoms with Crippen molar-refractivity contribution in [3.05, 3.63) is 52.4 Å². The normalized spacial score (nSPS) is 10.6. The average molecular weight is 348 g/mol. The maximum absolute atomic E-state index is 12.5. The number of hydrogen-bond donors (Lipinski definition) is 1. The van der Waals surface area contributed by atoms with Gasteiger partial charge in [0.15, 0.2) is 0 Å². The minimum absolute atomic E-state index is 0.258. The number of ether oxygens (including phenoxy) is 2. The van der Waals surface area contributed by atoms with Gasteiger partial charge in [0, 0.05) is 34.0 Å². The number of rotatable bonds is 4. The molecule has 0 unspecified atom stereocenters. The first-order chi connectivity index (χ1) is 11.1. The summed E-state index contributed by atoms with van der Waals surface area (Å²) in [4.78, 5) is 13.0. The van der Waals surface area contributed by atoms with Gasteiger partial charge in [0.05, 0.1) is 19.2 Å². The molecule has 0 saturated carbocycles. The van der Waals surface area contributed by atoms with E-state index in [0.29, 0.717) is 27.1 Å². The molecule has 23 heavy (non-hydrogen) atoms. The third-order valence-electron chi connectivity index (χ3n) is 3.35. The van der Waals surface area contributed by atoms with E-state index < -0.39 is 0 Å². The molecule has 0 bridgehead atoms. The molecule has 0 saturated heterocycles. The van der Waals surface area contributed by atoms with Crippen LogP contribution >= 0.6 is 22.9 Å². The van der Waals surface area contributed by atoms with E-state index in [1.165, 1.54) is 11.3 Å². The standard InChI is InChI=1S/C17H14ClNO3S/c1-21-11-7-10(8-12(9-11)22-2)19-17(20)16-15(18)13-5-3-4-6-14(13)23-16/h3-9H,1-2H3,(H,19,20). The largest absolute Gasteiger partial charge is 0.497 e. The summed E-state index contributed by atoms with van der Waals surface area (Å²) in [6.07, 6.45) is 0. The van der Waals surface area contributed by atoms with E-state index in [9.17, 15) is 4.79 Å². The molecule has 0 atom stereocenters. The van der Waals surface area contributed by atoms with Crippen LogP contribution in [0.2, 0.25) is 5.02 Å². The van der Waals surface area contributed by atoms with Crippen molar-refractivity contribution >= 4 is 44.6 Å². The van der Waals surface area contributed by atoms with Gasteiger partial charge in [0.25, 0.3) is 5.91 Å². The number of halogens is 1. The maximum atomic E-state index is 12.5. The Balaban J connectivity index is 1.93. The van der Waals surface area contributed by atoms with E-state index in [-0.39, 0.29) is 5.91 Å². The van der Waals surface area contributed by atoms with Crippen molar-refractivity contribution in [1.82, 2.24) is 0 Å². The topological polar surface area (TPSA) is 47.6 Å². The number of benzene rings is 2. The first-order valence-electron chi connectivity index (χ1n) is 6.84. The highest BCUT2D eigenvalue weighted by atomic mass is 35.5. The first-order valence-corrected chi connectivity index (χ1v) is 8.03. The molecule has 118 valence electrons. The maximum Gasteiger partial charge on any atom is 0.267 e. The Hall–Kier alpha value is -2.24. The molecule has 0 aliphatic heterocycles. The van der Waals surface area contributed by atoms with Gasteiger partial charge in [0.2, 0.25) is 0 Å². The van der Waals surface area contributed by atoms with Crippen molar-refractivity contribution < 1.29 is 14.3 Å². The quantitative estimate of drug-likeness (QED) is 0.735.